The van der Waals surface area contributed by atoms with Gasteiger partial charge < -0.3 is 10.1 Å². The molecule has 0 spiro atoms. The van der Waals surface area contributed by atoms with Gasteiger partial charge in [0.2, 0.25) is 0 Å². The van der Waals surface area contributed by atoms with Gasteiger partial charge in [0, 0.05) is 4.88 Å². The van der Waals surface area contributed by atoms with Crippen molar-refractivity contribution in [3.05, 3.63) is 51.2 Å². The molecule has 0 aliphatic carbocycles. The molecule has 0 aliphatic heterocycles. The summed E-state index contributed by atoms with van der Waals surface area (Å²) in [6.07, 6.45) is 0.890. The fourth-order valence-corrected chi connectivity index (χ4v) is 2.80. The molecule has 0 saturated carbocycles. The van der Waals surface area contributed by atoms with Crippen molar-refractivity contribution in [2.75, 3.05) is 11.9 Å². The first-order valence-corrected chi connectivity index (χ1v) is 8.04. The highest BCUT2D eigenvalue weighted by atomic mass is 35.5. The quantitative estimate of drug-likeness (QED) is 0.815. The van der Waals surface area contributed by atoms with Crippen LogP contribution in [0.5, 0.6) is 0 Å². The lowest BCUT2D eigenvalue weighted by Gasteiger charge is -2.08. The number of aryl methyl sites for hydroxylation is 2. The summed E-state index contributed by atoms with van der Waals surface area (Å²) < 4.78 is 4.95. The molecule has 0 bridgehead atoms. The van der Waals surface area contributed by atoms with Crippen LogP contribution in [-0.2, 0) is 20.7 Å². The van der Waals surface area contributed by atoms with E-state index in [0.29, 0.717) is 17.1 Å². The summed E-state index contributed by atoms with van der Waals surface area (Å²) in [5, 5.41) is 5.03. The Labute approximate surface area is 138 Å². The minimum atomic E-state index is -0.407. The number of nitrogens with one attached hydrogen (secondary N) is 1. The average molecular weight is 338 g/mol. The monoisotopic (exact) mass is 337 g/mol. The highest BCUT2D eigenvalue weighted by molar-refractivity contribution is 7.09. The Hall–Kier alpha value is -1.85. The molecule has 0 fully saturated rings. The summed E-state index contributed by atoms with van der Waals surface area (Å²) in [6, 6.07) is 9.21. The number of benzene rings is 1. The van der Waals surface area contributed by atoms with Gasteiger partial charge in [0.1, 0.15) is 0 Å². The molecule has 1 aromatic carbocycles. The van der Waals surface area contributed by atoms with Gasteiger partial charge in [-0.25, -0.2) is 0 Å². The predicted octanol–water partition coefficient (Wildman–Crippen LogP) is 3.82. The molecule has 0 atom stereocenters. The maximum atomic E-state index is 11.7. The minimum Gasteiger partial charge on any atom is -0.456 e. The van der Waals surface area contributed by atoms with Crippen molar-refractivity contribution < 1.29 is 14.3 Å². The average Bonchev–Trinajstić information content (AvgIpc) is 2.99. The minimum absolute atomic E-state index is 0.263. The number of amides is 1. The molecule has 1 heterocycles. The van der Waals surface area contributed by atoms with E-state index in [1.165, 1.54) is 0 Å². The van der Waals surface area contributed by atoms with Crippen molar-refractivity contribution in [1.29, 1.82) is 0 Å². The fraction of sp³-hybridized carbons (Fsp3) is 0.250. The molecular formula is C16H16ClNO3S. The van der Waals surface area contributed by atoms with E-state index >= 15 is 0 Å². The molecule has 116 valence electrons. The van der Waals surface area contributed by atoms with E-state index in [1.54, 1.807) is 23.5 Å². The van der Waals surface area contributed by atoms with Crippen LogP contribution in [0.25, 0.3) is 0 Å². The Morgan fingerprint density at radius 2 is 2.14 bits per heavy atom. The van der Waals surface area contributed by atoms with Crippen LogP contribution in [0.2, 0.25) is 5.02 Å². The first-order valence-electron chi connectivity index (χ1n) is 6.78. The summed E-state index contributed by atoms with van der Waals surface area (Å²) in [6.45, 7) is 1.60. The third kappa shape index (κ3) is 5.16. The zero-order valence-electron chi connectivity index (χ0n) is 12.1. The van der Waals surface area contributed by atoms with Crippen molar-refractivity contribution >= 4 is 40.5 Å². The third-order valence-electron chi connectivity index (χ3n) is 2.92. The number of hydrogen-bond acceptors (Lipinski definition) is 4. The van der Waals surface area contributed by atoms with Crippen molar-refractivity contribution in [2.24, 2.45) is 0 Å². The van der Waals surface area contributed by atoms with Crippen molar-refractivity contribution in [2.45, 2.75) is 19.8 Å². The molecule has 1 amide bonds. The summed E-state index contributed by atoms with van der Waals surface area (Å²) in [7, 11) is 0. The van der Waals surface area contributed by atoms with Crippen LogP contribution in [0.3, 0.4) is 0 Å². The maximum absolute atomic E-state index is 11.7. The zero-order valence-corrected chi connectivity index (χ0v) is 13.7. The van der Waals surface area contributed by atoms with Gasteiger partial charge >= 0.3 is 5.97 Å². The second kappa shape index (κ2) is 7.96. The summed E-state index contributed by atoms with van der Waals surface area (Å²) >= 11 is 7.61. The van der Waals surface area contributed by atoms with E-state index in [4.69, 9.17) is 16.3 Å². The molecule has 1 aromatic heterocycles. The number of hydrogen-bond donors (Lipinski definition) is 1. The first-order chi connectivity index (χ1) is 10.5. The lowest BCUT2D eigenvalue weighted by molar-refractivity contribution is -0.147. The largest absolute Gasteiger partial charge is 0.456 e. The van der Waals surface area contributed by atoms with Gasteiger partial charge in [0.05, 0.1) is 17.1 Å². The third-order valence-corrected chi connectivity index (χ3v) is 4.17. The van der Waals surface area contributed by atoms with E-state index in [2.05, 4.69) is 5.32 Å². The van der Waals surface area contributed by atoms with E-state index in [1.807, 2.05) is 30.5 Å². The number of ether oxygens (including phenoxy) is 1. The number of rotatable bonds is 6. The normalized spacial score (nSPS) is 10.3. The topological polar surface area (TPSA) is 55.4 Å². The molecule has 0 aliphatic rings. The molecule has 2 rings (SSSR count). The molecule has 0 radical (unpaired) electrons. The fourth-order valence-electron chi connectivity index (χ4n) is 1.81. The van der Waals surface area contributed by atoms with Gasteiger partial charge in [0.15, 0.2) is 6.61 Å². The summed E-state index contributed by atoms with van der Waals surface area (Å²) in [5.74, 6) is -0.797. The molecule has 4 nitrogen and oxygen atoms in total. The Bertz CT molecular complexity index is 655. The number of halogens is 1. The molecular weight excluding hydrogens is 322 g/mol. The number of thiophene rings is 1. The van der Waals surface area contributed by atoms with Crippen LogP contribution in [-0.4, -0.2) is 18.5 Å². The maximum Gasteiger partial charge on any atom is 0.306 e. The predicted molar refractivity (Wildman–Crippen MR) is 88.4 cm³/mol. The second-order valence-corrected chi connectivity index (χ2v) is 6.21. The molecule has 1 N–H and O–H groups in total. The molecule has 6 heteroatoms. The standard InChI is InChI=1S/C16H16ClNO3S/c1-11-4-6-14(13(17)9-11)18-15(19)10-21-16(20)7-5-12-3-2-8-22-12/h2-4,6,8-9H,5,7,10H2,1H3,(H,18,19). The lowest BCUT2D eigenvalue weighted by Crippen LogP contribution is -2.21. The summed E-state index contributed by atoms with van der Waals surface area (Å²) in [4.78, 5) is 24.4. The highest BCUT2D eigenvalue weighted by Gasteiger charge is 2.10. The Morgan fingerprint density at radius 3 is 2.82 bits per heavy atom. The summed E-state index contributed by atoms with van der Waals surface area (Å²) in [5.41, 5.74) is 1.51. The smallest absolute Gasteiger partial charge is 0.306 e. The SMILES string of the molecule is Cc1ccc(NC(=O)COC(=O)CCc2cccs2)c(Cl)c1. The van der Waals surface area contributed by atoms with Gasteiger partial charge in [0.25, 0.3) is 5.91 Å². The van der Waals surface area contributed by atoms with Gasteiger partial charge in [-0.1, -0.05) is 23.7 Å². The molecule has 22 heavy (non-hydrogen) atoms. The molecule has 2 aromatic rings. The van der Waals surface area contributed by atoms with Crippen LogP contribution < -0.4 is 5.32 Å². The Morgan fingerprint density at radius 1 is 1.32 bits per heavy atom. The van der Waals surface area contributed by atoms with E-state index in [9.17, 15) is 9.59 Å². The van der Waals surface area contributed by atoms with Crippen molar-refractivity contribution in [3.63, 3.8) is 0 Å². The number of carbonyl (C=O) groups is 2. The molecule has 0 unspecified atom stereocenters. The van der Waals surface area contributed by atoms with Crippen LogP contribution in [0, 0.1) is 6.92 Å². The first kappa shape index (κ1) is 16.5. The zero-order chi connectivity index (χ0) is 15.9. The van der Waals surface area contributed by atoms with E-state index < -0.39 is 11.9 Å². The van der Waals surface area contributed by atoms with Crippen molar-refractivity contribution in [1.82, 2.24) is 0 Å². The number of anilines is 1. The van der Waals surface area contributed by atoms with Crippen LogP contribution in [0.1, 0.15) is 16.9 Å². The lowest BCUT2D eigenvalue weighted by atomic mass is 10.2. The number of carbonyl (C=O) groups excluding carboxylic acids is 2. The van der Waals surface area contributed by atoms with Crippen LogP contribution in [0.4, 0.5) is 5.69 Å². The van der Waals surface area contributed by atoms with Gasteiger partial charge in [-0.05, 0) is 42.5 Å². The van der Waals surface area contributed by atoms with Crippen molar-refractivity contribution in [3.8, 4) is 0 Å². The second-order valence-electron chi connectivity index (χ2n) is 4.77. The van der Waals surface area contributed by atoms with Gasteiger partial charge in [-0.2, -0.15) is 0 Å². The van der Waals surface area contributed by atoms with Crippen LogP contribution >= 0.6 is 22.9 Å². The van der Waals surface area contributed by atoms with E-state index in [0.717, 1.165) is 10.4 Å². The van der Waals surface area contributed by atoms with E-state index in [-0.39, 0.29) is 13.0 Å². The highest BCUT2D eigenvalue weighted by Crippen LogP contribution is 2.22. The number of esters is 1. The van der Waals surface area contributed by atoms with Gasteiger partial charge in [-0.3, -0.25) is 9.59 Å². The van der Waals surface area contributed by atoms with Crippen LogP contribution in [0.15, 0.2) is 35.7 Å². The Kier molecular flexibility index (Phi) is 5.98. The van der Waals surface area contributed by atoms with Gasteiger partial charge in [-0.15, -0.1) is 11.3 Å². The molecule has 0 saturated heterocycles. The Balaban J connectivity index is 1.74.